The third-order valence-corrected chi connectivity index (χ3v) is 8.81. The minimum atomic E-state index is -2.51. The summed E-state index contributed by atoms with van der Waals surface area (Å²) >= 11 is 0. The monoisotopic (exact) mass is 504 g/mol. The molecule has 6 heteroatoms. The minimum Gasteiger partial charge on any atom is -0.515 e. The molecule has 0 unspecified atom stereocenters. The Labute approximate surface area is 211 Å². The van der Waals surface area contributed by atoms with Gasteiger partial charge >= 0.3 is 17.1 Å². The van der Waals surface area contributed by atoms with Crippen LogP contribution in [0.1, 0.15) is 83.1 Å². The fraction of sp³-hybridized carbons (Fsp3) is 0.714. The SMILES string of the molecule is CC(C)(C)C1=C2C(=C(C(C)(C)C)O[Si](C)(C)O1)C1=C(C(C)(C)C)O[Si](C)(C)OC(C(C)(C)C)=C21. The van der Waals surface area contributed by atoms with Gasteiger partial charge in [-0.1, -0.05) is 83.1 Å². The molecule has 1 fully saturated rings. The highest BCUT2D eigenvalue weighted by atomic mass is 28.4. The molecule has 192 valence electrons. The predicted molar refractivity (Wildman–Crippen MR) is 145 cm³/mol. The van der Waals surface area contributed by atoms with Crippen molar-refractivity contribution in [3.63, 3.8) is 0 Å². The number of fused-ring (bicyclic) bond motifs is 4. The Bertz CT molecular complexity index is 844. The summed E-state index contributed by atoms with van der Waals surface area (Å²) in [6, 6.07) is 0. The Morgan fingerprint density at radius 2 is 0.500 bits per heavy atom. The second-order valence-corrected chi connectivity index (χ2v) is 21.4. The molecular formula is C28H48O4Si2. The van der Waals surface area contributed by atoms with Crippen LogP contribution in [-0.4, -0.2) is 17.1 Å². The second-order valence-electron chi connectivity index (χ2n) is 15.0. The van der Waals surface area contributed by atoms with Gasteiger partial charge in [-0.25, -0.2) is 0 Å². The van der Waals surface area contributed by atoms with Gasteiger partial charge in [-0.3, -0.25) is 0 Å². The first kappa shape index (κ1) is 27.2. The molecule has 0 spiro atoms. The second kappa shape index (κ2) is 7.55. The summed E-state index contributed by atoms with van der Waals surface area (Å²) in [5.74, 6) is 4.04. The van der Waals surface area contributed by atoms with Gasteiger partial charge in [0.2, 0.25) is 0 Å². The molecule has 0 aromatic carbocycles. The molecule has 1 saturated carbocycles. The van der Waals surface area contributed by atoms with Gasteiger partial charge in [-0.2, -0.15) is 0 Å². The number of allylic oxidation sites excluding steroid dienone is 8. The molecule has 2 heterocycles. The quantitative estimate of drug-likeness (QED) is 0.309. The van der Waals surface area contributed by atoms with Gasteiger partial charge in [0.05, 0.1) is 23.0 Å². The molecule has 0 amide bonds. The van der Waals surface area contributed by atoms with Crippen molar-refractivity contribution in [2.45, 2.75) is 109 Å². The molecule has 0 bridgehead atoms. The first-order valence-corrected chi connectivity index (χ1v) is 18.3. The summed E-state index contributed by atoms with van der Waals surface area (Å²) < 4.78 is 27.4. The Balaban J connectivity index is 2.66. The van der Waals surface area contributed by atoms with Crippen molar-refractivity contribution in [3.05, 3.63) is 45.3 Å². The average molecular weight is 505 g/mol. The maximum absolute atomic E-state index is 6.86. The molecule has 3 rings (SSSR count). The molecule has 0 aromatic heterocycles. The lowest BCUT2D eigenvalue weighted by atomic mass is 9.64. The fourth-order valence-corrected chi connectivity index (χ4v) is 8.37. The Kier molecular flexibility index (Phi) is 6.03. The average Bonchev–Trinajstić information content (AvgIpc) is 2.70. The Morgan fingerprint density at radius 3 is 0.618 bits per heavy atom. The summed E-state index contributed by atoms with van der Waals surface area (Å²) in [6.07, 6.45) is 0. The maximum Gasteiger partial charge on any atom is 0.453 e. The molecule has 0 saturated heterocycles. The third-order valence-electron chi connectivity index (χ3n) is 6.02. The van der Waals surface area contributed by atoms with E-state index < -0.39 is 17.1 Å². The van der Waals surface area contributed by atoms with Gasteiger partial charge in [0.25, 0.3) is 0 Å². The Hall–Kier alpha value is -1.41. The lowest BCUT2D eigenvalue weighted by Gasteiger charge is -2.41. The van der Waals surface area contributed by atoms with E-state index in [1.54, 1.807) is 0 Å². The number of rotatable bonds is 0. The topological polar surface area (TPSA) is 36.9 Å². The Morgan fingerprint density at radius 1 is 0.353 bits per heavy atom. The van der Waals surface area contributed by atoms with Crippen molar-refractivity contribution in [3.8, 4) is 0 Å². The molecule has 0 radical (unpaired) electrons. The fourth-order valence-electron chi connectivity index (χ4n) is 4.69. The molecule has 4 nitrogen and oxygen atoms in total. The maximum atomic E-state index is 6.86. The van der Waals surface area contributed by atoms with Crippen LogP contribution in [0.4, 0.5) is 0 Å². The highest BCUT2D eigenvalue weighted by molar-refractivity contribution is 6.65. The first-order chi connectivity index (χ1) is 14.9. The summed E-state index contributed by atoms with van der Waals surface area (Å²) in [5.41, 5.74) is 3.88. The largest absolute Gasteiger partial charge is 0.515 e. The smallest absolute Gasteiger partial charge is 0.453 e. The predicted octanol–water partition coefficient (Wildman–Crippen LogP) is 8.70. The molecule has 0 aromatic rings. The van der Waals surface area contributed by atoms with Crippen molar-refractivity contribution >= 4 is 17.1 Å². The van der Waals surface area contributed by atoms with Crippen LogP contribution in [0.3, 0.4) is 0 Å². The van der Waals surface area contributed by atoms with Crippen molar-refractivity contribution < 1.29 is 17.7 Å². The van der Waals surface area contributed by atoms with Crippen LogP contribution in [0, 0.1) is 21.7 Å². The summed E-state index contributed by atoms with van der Waals surface area (Å²) in [7, 11) is -5.01. The van der Waals surface area contributed by atoms with E-state index in [0.29, 0.717) is 0 Å². The van der Waals surface area contributed by atoms with Crippen LogP contribution in [-0.2, 0) is 17.7 Å². The van der Waals surface area contributed by atoms with E-state index in [0.717, 1.165) is 45.3 Å². The van der Waals surface area contributed by atoms with Gasteiger partial charge in [-0.05, 0) is 0 Å². The van der Waals surface area contributed by atoms with Gasteiger partial charge in [0.1, 0.15) is 0 Å². The van der Waals surface area contributed by atoms with Crippen LogP contribution in [0.2, 0.25) is 26.2 Å². The van der Waals surface area contributed by atoms with Crippen molar-refractivity contribution in [1.29, 1.82) is 0 Å². The zero-order valence-corrected chi connectivity index (χ0v) is 26.6. The highest BCUT2D eigenvalue weighted by Gasteiger charge is 2.55. The van der Waals surface area contributed by atoms with Gasteiger partial charge < -0.3 is 17.7 Å². The molecule has 0 atom stereocenters. The molecule has 2 aliphatic heterocycles. The lowest BCUT2D eigenvalue weighted by Crippen LogP contribution is -2.37. The van der Waals surface area contributed by atoms with Gasteiger partial charge in [-0.15, -0.1) is 0 Å². The van der Waals surface area contributed by atoms with Crippen molar-refractivity contribution in [1.82, 2.24) is 0 Å². The normalized spacial score (nSPS) is 23.1. The van der Waals surface area contributed by atoms with Crippen LogP contribution >= 0.6 is 0 Å². The van der Waals surface area contributed by atoms with E-state index in [2.05, 4.69) is 109 Å². The van der Waals surface area contributed by atoms with E-state index in [-0.39, 0.29) is 21.7 Å². The standard InChI is InChI=1S/C28H48O4Si2/c1-25(2,3)21-17-18(22(26(4,5)6)30-33(13,14)29-21)20-19(17)23(27(7,8)9)31-34(15,16)32-24(20)28(10,11)12/h1-16H3. The van der Waals surface area contributed by atoms with E-state index >= 15 is 0 Å². The molecule has 3 aliphatic rings. The van der Waals surface area contributed by atoms with Crippen LogP contribution in [0.25, 0.3) is 0 Å². The number of hydrogen-bond acceptors (Lipinski definition) is 4. The van der Waals surface area contributed by atoms with Crippen molar-refractivity contribution in [2.24, 2.45) is 21.7 Å². The minimum absolute atomic E-state index is 0.189. The van der Waals surface area contributed by atoms with Crippen LogP contribution < -0.4 is 0 Å². The van der Waals surface area contributed by atoms with Crippen LogP contribution in [0.15, 0.2) is 45.3 Å². The summed E-state index contributed by atoms with van der Waals surface area (Å²) in [5, 5.41) is 0. The van der Waals surface area contributed by atoms with E-state index in [9.17, 15) is 0 Å². The molecule has 0 N–H and O–H groups in total. The zero-order valence-electron chi connectivity index (χ0n) is 24.6. The van der Waals surface area contributed by atoms with Crippen LogP contribution in [0.5, 0.6) is 0 Å². The van der Waals surface area contributed by atoms with Crippen molar-refractivity contribution in [2.75, 3.05) is 0 Å². The van der Waals surface area contributed by atoms with E-state index in [1.807, 2.05) is 0 Å². The third kappa shape index (κ3) is 4.82. The lowest BCUT2D eigenvalue weighted by molar-refractivity contribution is 0.192. The summed E-state index contributed by atoms with van der Waals surface area (Å²) in [4.78, 5) is 0. The number of hydrogen-bond donors (Lipinski definition) is 0. The zero-order chi connectivity index (χ0) is 26.4. The van der Waals surface area contributed by atoms with Gasteiger partial charge in [0.15, 0.2) is 0 Å². The van der Waals surface area contributed by atoms with Gasteiger partial charge in [0, 0.05) is 70.1 Å². The molecule has 1 aliphatic carbocycles. The molecule has 34 heavy (non-hydrogen) atoms. The first-order valence-electron chi connectivity index (χ1n) is 12.6. The summed E-state index contributed by atoms with van der Waals surface area (Å²) in [6.45, 7) is 35.4. The molecular weight excluding hydrogens is 456 g/mol. The van der Waals surface area contributed by atoms with E-state index in [4.69, 9.17) is 17.7 Å². The highest BCUT2D eigenvalue weighted by Crippen LogP contribution is 2.62. The van der Waals surface area contributed by atoms with E-state index in [1.165, 1.54) is 0 Å².